The fourth-order valence-corrected chi connectivity index (χ4v) is 4.88. The maximum Gasteiger partial charge on any atom is 0.258 e. The van der Waals surface area contributed by atoms with Crippen molar-refractivity contribution in [2.75, 3.05) is 26.2 Å². The summed E-state index contributed by atoms with van der Waals surface area (Å²) >= 11 is 0. The highest BCUT2D eigenvalue weighted by atomic mass is 32.2. The maximum atomic E-state index is 12.9. The van der Waals surface area contributed by atoms with Crippen LogP contribution in [0.4, 0.5) is 0 Å². The minimum absolute atomic E-state index is 0.134. The van der Waals surface area contributed by atoms with Crippen LogP contribution in [0.25, 0.3) is 5.65 Å². The molecular weight excluding hydrogens is 390 g/mol. The van der Waals surface area contributed by atoms with Crippen molar-refractivity contribution in [3.8, 4) is 6.07 Å². The van der Waals surface area contributed by atoms with Gasteiger partial charge in [0.25, 0.3) is 5.56 Å². The molecule has 1 aliphatic heterocycles. The van der Waals surface area contributed by atoms with Gasteiger partial charge in [0.15, 0.2) is 0 Å². The quantitative estimate of drug-likeness (QED) is 0.639. The summed E-state index contributed by atoms with van der Waals surface area (Å²) in [6.07, 6.45) is 1.68. The first-order chi connectivity index (χ1) is 14.0. The third-order valence-electron chi connectivity index (χ3n) is 4.94. The molecule has 1 saturated heterocycles. The first-order valence-electron chi connectivity index (χ1n) is 9.17. The van der Waals surface area contributed by atoms with Crippen molar-refractivity contribution in [3.05, 3.63) is 76.3 Å². The fourth-order valence-electron chi connectivity index (χ4n) is 3.42. The van der Waals surface area contributed by atoms with Crippen LogP contribution in [0.15, 0.2) is 64.4 Å². The first kappa shape index (κ1) is 19.3. The van der Waals surface area contributed by atoms with Crippen LogP contribution in [0.1, 0.15) is 11.3 Å². The molecule has 1 fully saturated rings. The lowest BCUT2D eigenvalue weighted by molar-refractivity contribution is 0.180. The lowest BCUT2D eigenvalue weighted by Gasteiger charge is -2.33. The van der Waals surface area contributed by atoms with Gasteiger partial charge in [0.1, 0.15) is 5.65 Å². The Kier molecular flexibility index (Phi) is 5.15. The Morgan fingerprint density at radius 2 is 1.83 bits per heavy atom. The SMILES string of the molecule is N#Cc1cccc(S(=O)(=O)N2CCN(Cc3cc(=O)n4ccccc4n3)CC2)c1. The van der Waals surface area contributed by atoms with Gasteiger partial charge >= 0.3 is 0 Å². The summed E-state index contributed by atoms with van der Waals surface area (Å²) in [4.78, 5) is 19.0. The van der Waals surface area contributed by atoms with E-state index in [9.17, 15) is 13.2 Å². The Balaban J connectivity index is 1.46. The number of sulfonamides is 1. The average Bonchev–Trinajstić information content (AvgIpc) is 2.74. The van der Waals surface area contributed by atoms with E-state index in [0.29, 0.717) is 49.6 Å². The fraction of sp³-hybridized carbons (Fsp3) is 0.250. The third-order valence-corrected chi connectivity index (χ3v) is 6.84. The zero-order chi connectivity index (χ0) is 20.4. The molecule has 4 rings (SSSR count). The van der Waals surface area contributed by atoms with Gasteiger partial charge in [0.2, 0.25) is 10.0 Å². The van der Waals surface area contributed by atoms with E-state index in [1.165, 1.54) is 26.9 Å². The van der Waals surface area contributed by atoms with Gasteiger partial charge in [-0.05, 0) is 30.3 Å². The van der Waals surface area contributed by atoms with Gasteiger partial charge in [0, 0.05) is 45.0 Å². The van der Waals surface area contributed by atoms with Crippen molar-refractivity contribution in [1.82, 2.24) is 18.6 Å². The number of pyridine rings is 1. The van der Waals surface area contributed by atoms with Gasteiger partial charge in [-0.3, -0.25) is 14.1 Å². The summed E-state index contributed by atoms with van der Waals surface area (Å²) < 4.78 is 28.6. The van der Waals surface area contributed by atoms with E-state index in [4.69, 9.17) is 5.26 Å². The van der Waals surface area contributed by atoms with Crippen LogP contribution in [-0.2, 0) is 16.6 Å². The molecule has 29 heavy (non-hydrogen) atoms. The van der Waals surface area contributed by atoms with E-state index in [0.717, 1.165) is 0 Å². The Hall–Kier alpha value is -3.06. The molecule has 0 unspecified atom stereocenters. The highest BCUT2D eigenvalue weighted by molar-refractivity contribution is 7.89. The van der Waals surface area contributed by atoms with Crippen molar-refractivity contribution < 1.29 is 8.42 Å². The molecule has 1 aliphatic rings. The van der Waals surface area contributed by atoms with Gasteiger partial charge in [-0.1, -0.05) is 12.1 Å². The lowest BCUT2D eigenvalue weighted by atomic mass is 10.2. The molecule has 2 aromatic heterocycles. The minimum Gasteiger partial charge on any atom is -0.295 e. The molecule has 0 saturated carbocycles. The van der Waals surface area contributed by atoms with E-state index in [1.54, 1.807) is 30.5 Å². The van der Waals surface area contributed by atoms with Crippen LogP contribution in [0.3, 0.4) is 0 Å². The Labute approximate surface area is 168 Å². The summed E-state index contributed by atoms with van der Waals surface area (Å²) in [7, 11) is -3.64. The molecule has 0 atom stereocenters. The summed E-state index contributed by atoms with van der Waals surface area (Å²) in [6.45, 7) is 2.23. The highest BCUT2D eigenvalue weighted by Crippen LogP contribution is 2.19. The monoisotopic (exact) mass is 409 g/mol. The molecule has 3 aromatic rings. The van der Waals surface area contributed by atoms with Gasteiger partial charge in [-0.2, -0.15) is 9.57 Å². The molecule has 8 nitrogen and oxygen atoms in total. The largest absolute Gasteiger partial charge is 0.295 e. The van der Waals surface area contributed by atoms with Crippen LogP contribution in [0, 0.1) is 11.3 Å². The number of fused-ring (bicyclic) bond motifs is 1. The molecule has 0 N–H and O–H groups in total. The molecule has 0 bridgehead atoms. The van der Waals surface area contributed by atoms with Crippen LogP contribution < -0.4 is 5.56 Å². The van der Waals surface area contributed by atoms with Gasteiger partial charge < -0.3 is 0 Å². The van der Waals surface area contributed by atoms with Crippen molar-refractivity contribution in [3.63, 3.8) is 0 Å². The smallest absolute Gasteiger partial charge is 0.258 e. The molecule has 3 heterocycles. The van der Waals surface area contributed by atoms with Crippen LogP contribution in [0.2, 0.25) is 0 Å². The number of piperazine rings is 1. The Morgan fingerprint density at radius 3 is 2.59 bits per heavy atom. The van der Waals surface area contributed by atoms with E-state index in [2.05, 4.69) is 9.88 Å². The molecule has 0 amide bonds. The normalized spacial score (nSPS) is 16.0. The maximum absolute atomic E-state index is 12.9. The second-order valence-electron chi connectivity index (χ2n) is 6.83. The molecule has 0 aliphatic carbocycles. The lowest BCUT2D eigenvalue weighted by Crippen LogP contribution is -2.48. The van der Waals surface area contributed by atoms with E-state index < -0.39 is 10.0 Å². The van der Waals surface area contributed by atoms with Crippen LogP contribution in [-0.4, -0.2) is 53.2 Å². The van der Waals surface area contributed by atoms with Crippen LogP contribution >= 0.6 is 0 Å². The number of nitrogens with zero attached hydrogens (tertiary/aromatic N) is 5. The van der Waals surface area contributed by atoms with Gasteiger partial charge in [0.05, 0.1) is 22.2 Å². The predicted molar refractivity (Wildman–Crippen MR) is 107 cm³/mol. The second kappa shape index (κ2) is 7.75. The van der Waals surface area contributed by atoms with Crippen molar-refractivity contribution in [2.24, 2.45) is 0 Å². The predicted octanol–water partition coefficient (Wildman–Crippen LogP) is 1.07. The second-order valence-corrected chi connectivity index (χ2v) is 8.77. The first-order valence-corrected chi connectivity index (χ1v) is 10.6. The number of nitriles is 1. The van der Waals surface area contributed by atoms with Crippen LogP contribution in [0.5, 0.6) is 0 Å². The molecule has 9 heteroatoms. The summed E-state index contributed by atoms with van der Waals surface area (Å²) in [5.74, 6) is 0. The molecular formula is C20H19N5O3S. The Bertz CT molecular complexity index is 1250. The molecule has 0 radical (unpaired) electrons. The standard InChI is InChI=1S/C20H19N5O3S/c21-14-16-4-3-5-18(12-16)29(27,28)24-10-8-23(9-11-24)15-17-13-20(26)25-7-2-1-6-19(25)22-17/h1-7,12-13H,8-11,15H2. The van der Waals surface area contributed by atoms with Gasteiger partial charge in [-0.25, -0.2) is 13.4 Å². The molecule has 1 aromatic carbocycles. The zero-order valence-corrected chi connectivity index (χ0v) is 16.4. The van der Waals surface area contributed by atoms with Gasteiger partial charge in [-0.15, -0.1) is 0 Å². The van der Waals surface area contributed by atoms with Crippen molar-refractivity contribution >= 4 is 15.7 Å². The zero-order valence-electron chi connectivity index (χ0n) is 15.6. The highest BCUT2D eigenvalue weighted by Gasteiger charge is 2.28. The molecule has 0 spiro atoms. The number of hydrogen-bond donors (Lipinski definition) is 0. The van der Waals surface area contributed by atoms with Crippen molar-refractivity contribution in [1.29, 1.82) is 5.26 Å². The number of aromatic nitrogens is 2. The topological polar surface area (TPSA) is 98.8 Å². The minimum atomic E-state index is -3.64. The third kappa shape index (κ3) is 3.91. The number of benzene rings is 1. The summed E-state index contributed by atoms with van der Waals surface area (Å²) in [6, 6.07) is 14.9. The van der Waals surface area contributed by atoms with E-state index in [1.807, 2.05) is 12.1 Å². The van der Waals surface area contributed by atoms with Crippen molar-refractivity contribution in [2.45, 2.75) is 11.4 Å². The average molecular weight is 409 g/mol. The number of hydrogen-bond acceptors (Lipinski definition) is 6. The Morgan fingerprint density at radius 1 is 1.03 bits per heavy atom. The van der Waals surface area contributed by atoms with E-state index >= 15 is 0 Å². The summed E-state index contributed by atoms with van der Waals surface area (Å²) in [5.41, 5.74) is 1.44. The number of rotatable bonds is 4. The molecule has 148 valence electrons. The van der Waals surface area contributed by atoms with E-state index in [-0.39, 0.29) is 10.5 Å². The summed E-state index contributed by atoms with van der Waals surface area (Å²) in [5, 5.41) is 9.00.